The average Bonchev–Trinajstić information content (AvgIpc) is 2.05. The van der Waals surface area contributed by atoms with Crippen LogP contribution in [0.25, 0.3) is 10.8 Å². The van der Waals surface area contributed by atoms with Crippen molar-refractivity contribution < 1.29 is 0 Å². The van der Waals surface area contributed by atoms with Crippen molar-refractivity contribution in [2.24, 2.45) is 0 Å². The lowest BCUT2D eigenvalue weighted by Gasteiger charge is -1.92. The van der Waals surface area contributed by atoms with Crippen LogP contribution in [-0.4, -0.2) is 0 Å². The van der Waals surface area contributed by atoms with Crippen LogP contribution < -0.4 is 0 Å². The van der Waals surface area contributed by atoms with E-state index in [9.17, 15) is 0 Å². The highest BCUT2D eigenvalue weighted by Crippen LogP contribution is 2.11. The molecule has 0 spiro atoms. The van der Waals surface area contributed by atoms with Gasteiger partial charge in [-0.05, 0) is 10.8 Å². The van der Waals surface area contributed by atoms with E-state index in [-0.39, 0.29) is 0 Å². The molecule has 0 saturated carbocycles. The van der Waals surface area contributed by atoms with E-state index in [1.54, 1.807) is 0 Å². The molecule has 0 atom stereocenters. The average molecular weight is 134 g/mol. The molecule has 48 valence electrons. The molecule has 0 radical (unpaired) electrons. The van der Waals surface area contributed by atoms with Gasteiger partial charge in [0.1, 0.15) is 0 Å². The first-order chi connectivity index (χ1) is 4.97. The Morgan fingerprint density at radius 2 is 0.800 bits per heavy atom. The van der Waals surface area contributed by atoms with Crippen molar-refractivity contribution in [3.8, 4) is 0 Å². The van der Waals surface area contributed by atoms with Gasteiger partial charge in [-0.15, -0.1) is 0 Å². The highest BCUT2D eigenvalue weighted by molar-refractivity contribution is 5.81. The van der Waals surface area contributed by atoms with Crippen LogP contribution in [-0.2, 0) is 0 Å². The van der Waals surface area contributed by atoms with Crippen LogP contribution in [0.15, 0.2) is 48.5 Å². The molecule has 0 aliphatic rings. The lowest BCUT2D eigenvalue weighted by molar-refractivity contribution is 1.75. The summed E-state index contributed by atoms with van der Waals surface area (Å²) in [5.41, 5.74) is 0. The van der Waals surface area contributed by atoms with E-state index in [0.717, 1.165) is 0 Å². The second-order valence-electron chi connectivity index (χ2n) is 2.35. The third-order valence-corrected chi connectivity index (χ3v) is 1.66. The first-order valence-corrected chi connectivity index (χ1v) is 3.40. The zero-order valence-electron chi connectivity index (χ0n) is 5.62. The Bertz CT molecular complexity index is 271. The van der Waals surface area contributed by atoms with Gasteiger partial charge in [0.05, 0.1) is 0 Å². The fourth-order valence-corrected chi connectivity index (χ4v) is 1.13. The molecule has 0 aliphatic carbocycles. The van der Waals surface area contributed by atoms with Gasteiger partial charge in [-0.3, -0.25) is 0 Å². The molecule has 2 aromatic carbocycles. The summed E-state index contributed by atoms with van der Waals surface area (Å²) in [5, 5.41) is 2.62. The van der Waals surface area contributed by atoms with Gasteiger partial charge in [-0.2, -0.15) is 0 Å². The van der Waals surface area contributed by atoms with Gasteiger partial charge in [-0.1, -0.05) is 48.5 Å². The molecule has 0 heteroatoms. The Morgan fingerprint density at radius 3 is 1.10 bits per heavy atom. The molecule has 0 N–H and O–H groups in total. The molecule has 0 saturated heterocycles. The van der Waals surface area contributed by atoms with Crippen molar-refractivity contribution in [1.82, 2.24) is 0 Å². The van der Waals surface area contributed by atoms with E-state index < -0.39 is 0 Å². The Labute approximate surface area is 60.1 Å². The highest BCUT2D eigenvalue weighted by atomic mass is 14.8. The molecular weight excluding hydrogens is 126 g/mol. The van der Waals surface area contributed by atoms with E-state index in [1.165, 1.54) is 10.8 Å². The fraction of sp³-hybridized carbons (Fsp3) is 0. The molecule has 2 aromatic rings. The first-order valence-electron chi connectivity index (χ1n) is 3.40. The number of fused-ring (bicyclic) bond motifs is 1. The summed E-state index contributed by atoms with van der Waals surface area (Å²) < 4.78 is 0. The van der Waals surface area contributed by atoms with Gasteiger partial charge in [0, 0.05) is 0 Å². The Hall–Kier alpha value is -1.30. The van der Waals surface area contributed by atoms with Gasteiger partial charge < -0.3 is 0 Å². The van der Waals surface area contributed by atoms with Crippen molar-refractivity contribution >= 4 is 10.8 Å². The molecule has 2 rings (SSSR count). The smallest absolute Gasteiger partial charge is 0.0184 e. The van der Waals surface area contributed by atoms with Crippen LogP contribution >= 0.6 is 0 Å². The zero-order valence-corrected chi connectivity index (χ0v) is 5.62. The minimum Gasteiger partial charge on any atom is -0.0616 e. The number of rotatable bonds is 0. The molecule has 0 amide bonds. The summed E-state index contributed by atoms with van der Waals surface area (Å²) in [5.74, 6) is 0. The van der Waals surface area contributed by atoms with E-state index in [0.29, 0.717) is 0 Å². The fourth-order valence-electron chi connectivity index (χ4n) is 1.13. The van der Waals surface area contributed by atoms with Crippen LogP contribution in [0.3, 0.4) is 0 Å². The van der Waals surface area contributed by atoms with Crippen molar-refractivity contribution in [1.29, 1.82) is 0 Å². The normalized spacial score (nSPS) is 10.0. The zero-order chi connectivity index (χ0) is 6.81. The number of benzene rings is 2. The van der Waals surface area contributed by atoms with Crippen LogP contribution in [0.2, 0.25) is 0 Å². The van der Waals surface area contributed by atoms with Gasteiger partial charge in [0.2, 0.25) is 0 Å². The Kier molecular flexibility index (Phi) is 1.17. The van der Waals surface area contributed by atoms with Crippen molar-refractivity contribution in [3.63, 3.8) is 0 Å². The second-order valence-corrected chi connectivity index (χ2v) is 2.35. The lowest BCUT2D eigenvalue weighted by atomic mass is 10.5. The maximum Gasteiger partial charge on any atom is -0.0184 e. The van der Waals surface area contributed by atoms with E-state index in [1.807, 2.05) is 0 Å². The Morgan fingerprint density at radius 1 is 0.500 bits per heavy atom. The van der Waals surface area contributed by atoms with Crippen molar-refractivity contribution in [3.05, 3.63) is 48.5 Å². The summed E-state index contributed by atoms with van der Waals surface area (Å²) in [4.78, 5) is 0. The van der Waals surface area contributed by atoms with Gasteiger partial charge in [0.25, 0.3) is 0 Å². The standard InChI is InChI=1S/C10H8/c1-2-6-10-8-4-3-7-9(10)5-1/h1-8H/i1+1,2+1,5+1,6+1,9+1,10+1. The monoisotopic (exact) mass is 134 g/mol. The van der Waals surface area contributed by atoms with Crippen molar-refractivity contribution in [2.75, 3.05) is 0 Å². The molecule has 0 bridgehead atoms. The Balaban J connectivity index is 2.89. The molecule has 0 unspecified atom stereocenters. The maximum absolute atomic E-state index is 2.12. The second kappa shape index (κ2) is 2.14. The molecule has 0 aliphatic heterocycles. The lowest BCUT2D eigenvalue weighted by Crippen LogP contribution is -1.67. The van der Waals surface area contributed by atoms with E-state index >= 15 is 0 Å². The molecule has 10 heavy (non-hydrogen) atoms. The number of hydrogen-bond acceptors (Lipinski definition) is 0. The van der Waals surface area contributed by atoms with E-state index in [2.05, 4.69) is 48.5 Å². The molecule has 0 heterocycles. The van der Waals surface area contributed by atoms with Gasteiger partial charge >= 0.3 is 0 Å². The quantitative estimate of drug-likeness (QED) is 0.519. The van der Waals surface area contributed by atoms with Crippen LogP contribution in [0, 0.1) is 0 Å². The summed E-state index contributed by atoms with van der Waals surface area (Å²) in [6.07, 6.45) is 0. The highest BCUT2D eigenvalue weighted by Gasteiger charge is 1.85. The summed E-state index contributed by atoms with van der Waals surface area (Å²) in [6, 6.07) is 16.7. The predicted octanol–water partition coefficient (Wildman–Crippen LogP) is 2.84. The summed E-state index contributed by atoms with van der Waals surface area (Å²) >= 11 is 0. The largest absolute Gasteiger partial charge is 0.0616 e. The summed E-state index contributed by atoms with van der Waals surface area (Å²) in [7, 11) is 0. The summed E-state index contributed by atoms with van der Waals surface area (Å²) in [6.45, 7) is 0. The van der Waals surface area contributed by atoms with Crippen LogP contribution in [0.1, 0.15) is 0 Å². The molecule has 0 fully saturated rings. The first kappa shape index (κ1) is 5.48. The topological polar surface area (TPSA) is 0 Å². The van der Waals surface area contributed by atoms with Crippen LogP contribution in [0.4, 0.5) is 0 Å². The van der Waals surface area contributed by atoms with Crippen LogP contribution in [0.5, 0.6) is 0 Å². The van der Waals surface area contributed by atoms with Crippen molar-refractivity contribution in [2.45, 2.75) is 0 Å². The minimum atomic E-state index is 1.31. The maximum atomic E-state index is 2.12. The number of hydrogen-bond donors (Lipinski definition) is 0. The van der Waals surface area contributed by atoms with Gasteiger partial charge in [0.15, 0.2) is 0 Å². The molecule has 0 nitrogen and oxygen atoms in total. The minimum absolute atomic E-state index is 1.31. The molecular formula is C10H8. The molecule has 0 aromatic heterocycles. The SMILES string of the molecule is c1cc[13c]2[13cH][13cH][13cH][13cH][13c]2c1. The predicted molar refractivity (Wildman–Crippen MR) is 43.9 cm³/mol. The third kappa shape index (κ3) is 0.781. The van der Waals surface area contributed by atoms with Gasteiger partial charge in [-0.25, -0.2) is 0 Å². The van der Waals surface area contributed by atoms with E-state index in [4.69, 9.17) is 0 Å². The third-order valence-electron chi connectivity index (χ3n) is 1.66.